The summed E-state index contributed by atoms with van der Waals surface area (Å²) in [6.07, 6.45) is 2.00. The van der Waals surface area contributed by atoms with Gasteiger partial charge in [0.2, 0.25) is 5.91 Å². The lowest BCUT2D eigenvalue weighted by Gasteiger charge is -2.25. The summed E-state index contributed by atoms with van der Waals surface area (Å²) in [5.41, 5.74) is -0.570. The molecule has 106 valence electrons. The quantitative estimate of drug-likeness (QED) is 0.773. The van der Waals surface area contributed by atoms with Crippen LogP contribution >= 0.6 is 0 Å². The summed E-state index contributed by atoms with van der Waals surface area (Å²) in [6.45, 7) is 5.29. The monoisotopic (exact) mass is 267 g/mol. The van der Waals surface area contributed by atoms with E-state index in [4.69, 9.17) is 0 Å². The third kappa shape index (κ3) is 2.93. The van der Waals surface area contributed by atoms with E-state index in [1.165, 1.54) is 6.20 Å². The number of aromatic nitrogens is 3. The van der Waals surface area contributed by atoms with Crippen molar-refractivity contribution < 1.29 is 9.90 Å². The molecule has 0 aromatic carbocycles. The van der Waals surface area contributed by atoms with E-state index >= 15 is 0 Å². The highest BCUT2D eigenvalue weighted by Crippen LogP contribution is 2.30. The molecule has 1 atom stereocenters. The van der Waals surface area contributed by atoms with E-state index in [0.29, 0.717) is 31.2 Å². The first-order chi connectivity index (χ1) is 8.92. The Bertz CT molecular complexity index is 433. The number of nitrogens with zero attached hydrogens (tertiary/aromatic N) is 4. The molecule has 0 spiro atoms. The predicted molar refractivity (Wildman–Crippen MR) is 69.2 cm³/mol. The van der Waals surface area contributed by atoms with E-state index in [1.807, 2.05) is 25.8 Å². The highest BCUT2D eigenvalue weighted by molar-refractivity contribution is 5.78. The average Bonchev–Trinajstić information content (AvgIpc) is 2.98. The van der Waals surface area contributed by atoms with E-state index in [0.717, 1.165) is 0 Å². The van der Waals surface area contributed by atoms with E-state index in [2.05, 4.69) is 15.4 Å². The zero-order valence-corrected chi connectivity index (χ0v) is 11.6. The van der Waals surface area contributed by atoms with Gasteiger partial charge in [0.25, 0.3) is 0 Å². The predicted octanol–water partition coefficient (Wildman–Crippen LogP) is -0.435. The molecule has 0 bridgehead atoms. The largest absolute Gasteiger partial charge is 0.381 e. The molecule has 1 unspecified atom stereocenters. The molecular weight excluding hydrogens is 246 g/mol. The highest BCUT2D eigenvalue weighted by atomic mass is 16.3. The molecule has 0 saturated carbocycles. The van der Waals surface area contributed by atoms with E-state index in [-0.39, 0.29) is 12.5 Å². The van der Waals surface area contributed by atoms with Gasteiger partial charge in [-0.3, -0.25) is 9.69 Å². The molecule has 1 aromatic rings. The van der Waals surface area contributed by atoms with Crippen LogP contribution in [0.5, 0.6) is 0 Å². The summed E-state index contributed by atoms with van der Waals surface area (Å²) in [7, 11) is 1.92. The van der Waals surface area contributed by atoms with E-state index in [9.17, 15) is 9.90 Å². The SMILES string of the molecule is CC(C)N(C)CC(=O)N1CCC(O)(c2cn[nH]n2)C1. The second kappa shape index (κ2) is 5.26. The fourth-order valence-corrected chi connectivity index (χ4v) is 2.14. The maximum Gasteiger partial charge on any atom is 0.236 e. The molecule has 0 radical (unpaired) electrons. The number of amides is 1. The van der Waals surface area contributed by atoms with E-state index < -0.39 is 5.60 Å². The van der Waals surface area contributed by atoms with Crippen LogP contribution in [0.25, 0.3) is 0 Å². The first kappa shape index (κ1) is 14.0. The van der Waals surface area contributed by atoms with E-state index in [1.54, 1.807) is 4.90 Å². The van der Waals surface area contributed by atoms with Gasteiger partial charge in [-0.25, -0.2) is 0 Å². The first-order valence-electron chi connectivity index (χ1n) is 6.49. The Hall–Kier alpha value is -1.47. The Morgan fingerprint density at radius 2 is 2.42 bits per heavy atom. The standard InChI is InChI=1S/C12H21N5O2/c1-9(2)16(3)7-11(18)17-5-4-12(19,8-17)10-6-13-15-14-10/h6,9,19H,4-5,7-8H2,1-3H3,(H,13,14,15). The molecule has 1 fully saturated rings. The number of β-amino-alcohol motifs (C(OH)–C–C–N with tert-alkyl or cyclic N) is 1. The topological polar surface area (TPSA) is 85.4 Å². The molecule has 1 aliphatic rings. The number of rotatable bonds is 4. The van der Waals surface area contributed by atoms with Gasteiger partial charge in [0.1, 0.15) is 11.3 Å². The van der Waals surface area contributed by atoms with Crippen molar-refractivity contribution in [3.63, 3.8) is 0 Å². The van der Waals surface area contributed by atoms with Crippen LogP contribution in [-0.2, 0) is 10.4 Å². The molecule has 1 saturated heterocycles. The number of aromatic amines is 1. The third-order valence-electron chi connectivity index (χ3n) is 3.76. The zero-order chi connectivity index (χ0) is 14.0. The van der Waals surface area contributed by atoms with Crippen LogP contribution in [0.3, 0.4) is 0 Å². The summed E-state index contributed by atoms with van der Waals surface area (Å²) in [6, 6.07) is 0.320. The highest BCUT2D eigenvalue weighted by Gasteiger charge is 2.41. The fourth-order valence-electron chi connectivity index (χ4n) is 2.14. The van der Waals surface area contributed by atoms with Crippen LogP contribution in [0.1, 0.15) is 26.0 Å². The second-order valence-electron chi connectivity index (χ2n) is 5.46. The fraction of sp³-hybridized carbons (Fsp3) is 0.750. The van der Waals surface area contributed by atoms with Crippen LogP contribution < -0.4 is 0 Å². The molecule has 1 aliphatic heterocycles. The molecule has 2 N–H and O–H groups in total. The van der Waals surface area contributed by atoms with Crippen molar-refractivity contribution in [1.82, 2.24) is 25.2 Å². The van der Waals surface area contributed by atoms with Crippen molar-refractivity contribution in [3.05, 3.63) is 11.9 Å². The Morgan fingerprint density at radius 3 is 3.00 bits per heavy atom. The van der Waals surface area contributed by atoms with Crippen LogP contribution in [0, 0.1) is 0 Å². The molecule has 2 rings (SSSR count). The number of nitrogens with one attached hydrogen (secondary N) is 1. The number of hydrogen-bond donors (Lipinski definition) is 2. The number of carbonyl (C=O) groups excluding carboxylic acids is 1. The molecule has 2 heterocycles. The molecule has 7 nitrogen and oxygen atoms in total. The van der Waals surface area contributed by atoms with Crippen LogP contribution in [0.4, 0.5) is 0 Å². The number of hydrogen-bond acceptors (Lipinski definition) is 5. The van der Waals surface area contributed by atoms with Crippen LogP contribution in [-0.4, -0.2) is 68.9 Å². The van der Waals surface area contributed by atoms with Crippen molar-refractivity contribution in [2.24, 2.45) is 0 Å². The van der Waals surface area contributed by atoms with Crippen molar-refractivity contribution >= 4 is 5.91 Å². The number of likely N-dealkylation sites (N-methyl/N-ethyl adjacent to an activating group) is 1. The maximum atomic E-state index is 12.1. The minimum atomic E-state index is -1.07. The van der Waals surface area contributed by atoms with Gasteiger partial charge in [-0.05, 0) is 20.9 Å². The second-order valence-corrected chi connectivity index (χ2v) is 5.46. The lowest BCUT2D eigenvalue weighted by molar-refractivity contribution is -0.132. The first-order valence-corrected chi connectivity index (χ1v) is 6.49. The van der Waals surface area contributed by atoms with Gasteiger partial charge >= 0.3 is 0 Å². The van der Waals surface area contributed by atoms with Gasteiger partial charge in [0, 0.05) is 19.0 Å². The summed E-state index contributed by atoms with van der Waals surface area (Å²) < 4.78 is 0. The maximum absolute atomic E-state index is 12.1. The van der Waals surface area contributed by atoms with Gasteiger partial charge in [-0.2, -0.15) is 15.4 Å². The number of likely N-dealkylation sites (tertiary alicyclic amines) is 1. The minimum absolute atomic E-state index is 0.0376. The Labute approximate surface area is 112 Å². The lowest BCUT2D eigenvalue weighted by Crippen LogP contribution is -2.41. The summed E-state index contributed by atoms with van der Waals surface area (Å²) in [5.74, 6) is 0.0376. The van der Waals surface area contributed by atoms with Crippen molar-refractivity contribution in [2.45, 2.75) is 31.9 Å². The molecule has 1 amide bonds. The summed E-state index contributed by atoms with van der Waals surface area (Å²) in [5, 5.41) is 20.6. The van der Waals surface area contributed by atoms with Crippen molar-refractivity contribution in [1.29, 1.82) is 0 Å². The number of aliphatic hydroxyl groups is 1. The van der Waals surface area contributed by atoms with Crippen LogP contribution in [0.15, 0.2) is 6.20 Å². The van der Waals surface area contributed by atoms with Gasteiger partial charge in [0.05, 0.1) is 19.3 Å². The Morgan fingerprint density at radius 1 is 1.68 bits per heavy atom. The van der Waals surface area contributed by atoms with Crippen molar-refractivity contribution in [2.75, 3.05) is 26.7 Å². The van der Waals surface area contributed by atoms with Gasteiger partial charge in [0.15, 0.2) is 0 Å². The van der Waals surface area contributed by atoms with Gasteiger partial charge < -0.3 is 10.0 Å². The average molecular weight is 267 g/mol. The van der Waals surface area contributed by atoms with Gasteiger partial charge in [-0.15, -0.1) is 0 Å². The van der Waals surface area contributed by atoms with Gasteiger partial charge in [-0.1, -0.05) is 0 Å². The van der Waals surface area contributed by atoms with Crippen LogP contribution in [0.2, 0.25) is 0 Å². The molecule has 1 aromatic heterocycles. The summed E-state index contributed by atoms with van der Waals surface area (Å²) in [4.78, 5) is 15.8. The summed E-state index contributed by atoms with van der Waals surface area (Å²) >= 11 is 0. The molecule has 7 heteroatoms. The lowest BCUT2D eigenvalue weighted by atomic mass is 10.0. The third-order valence-corrected chi connectivity index (χ3v) is 3.76. The Kier molecular flexibility index (Phi) is 3.86. The van der Waals surface area contributed by atoms with Crippen molar-refractivity contribution in [3.8, 4) is 0 Å². The number of H-pyrrole nitrogens is 1. The smallest absolute Gasteiger partial charge is 0.236 e. The number of carbonyl (C=O) groups is 1. The molecular formula is C12H21N5O2. The minimum Gasteiger partial charge on any atom is -0.381 e. The normalized spacial score (nSPS) is 23.6. The molecule has 0 aliphatic carbocycles. The molecule has 19 heavy (non-hydrogen) atoms. The Balaban J connectivity index is 1.97. The zero-order valence-electron chi connectivity index (χ0n) is 11.6.